The van der Waals surface area contributed by atoms with Crippen molar-refractivity contribution in [3.05, 3.63) is 41.0 Å². The summed E-state index contributed by atoms with van der Waals surface area (Å²) in [4.78, 5) is 9.64. The first-order chi connectivity index (χ1) is 4.72. The first-order valence-corrected chi connectivity index (χ1v) is 3.01. The molecular formula is C8H11NO. The molecule has 2 nitrogen and oxygen atoms in total. The van der Waals surface area contributed by atoms with Gasteiger partial charge in [0.25, 0.3) is 0 Å². The van der Waals surface area contributed by atoms with Crippen LogP contribution in [-0.4, -0.2) is 0 Å². The lowest BCUT2D eigenvalue weighted by Crippen LogP contribution is -1.73. The second-order valence-corrected chi connectivity index (χ2v) is 1.99. The van der Waals surface area contributed by atoms with Gasteiger partial charge in [-0.05, 0) is 36.2 Å². The summed E-state index contributed by atoms with van der Waals surface area (Å²) in [5.41, 5.74) is 2.06. The van der Waals surface area contributed by atoms with Gasteiger partial charge in [0.15, 0.2) is 0 Å². The molecule has 0 aliphatic rings. The highest BCUT2D eigenvalue weighted by Gasteiger charge is 1.85. The van der Waals surface area contributed by atoms with Crippen molar-refractivity contribution in [2.24, 2.45) is 5.18 Å². The predicted octanol–water partition coefficient (Wildman–Crippen LogP) is 2.79. The molecule has 2 heteroatoms. The monoisotopic (exact) mass is 137 g/mol. The lowest BCUT2D eigenvalue weighted by atomic mass is 10.1. The second-order valence-electron chi connectivity index (χ2n) is 1.99. The van der Waals surface area contributed by atoms with Crippen LogP contribution in [0.1, 0.15) is 13.8 Å². The van der Waals surface area contributed by atoms with E-state index < -0.39 is 0 Å². The molecule has 0 aromatic carbocycles. The van der Waals surface area contributed by atoms with Crippen LogP contribution in [0.15, 0.2) is 41.3 Å². The van der Waals surface area contributed by atoms with Gasteiger partial charge in [-0.2, -0.15) is 0 Å². The van der Waals surface area contributed by atoms with Crippen LogP contribution >= 0.6 is 0 Å². The number of hydrogen-bond acceptors (Lipinski definition) is 2. The van der Waals surface area contributed by atoms with Crippen LogP contribution in [0.4, 0.5) is 0 Å². The van der Waals surface area contributed by atoms with Crippen LogP contribution in [-0.2, 0) is 0 Å². The predicted molar refractivity (Wildman–Crippen MR) is 43.5 cm³/mol. The zero-order chi connectivity index (χ0) is 7.98. The number of hydrogen-bond donors (Lipinski definition) is 0. The highest BCUT2D eigenvalue weighted by Crippen LogP contribution is 2.04. The lowest BCUT2D eigenvalue weighted by Gasteiger charge is -1.93. The maximum Gasteiger partial charge on any atom is 0.0717 e. The van der Waals surface area contributed by atoms with Crippen molar-refractivity contribution in [1.29, 1.82) is 0 Å². The summed E-state index contributed by atoms with van der Waals surface area (Å²) in [6, 6.07) is 0. The first-order valence-electron chi connectivity index (χ1n) is 3.01. The maximum atomic E-state index is 9.64. The smallest absolute Gasteiger partial charge is 0.0717 e. The molecule has 0 saturated heterocycles. The Balaban J connectivity index is 4.31. The minimum absolute atomic E-state index is 1.01. The normalized spacial score (nSPS) is 13.0. The first kappa shape index (κ1) is 8.82. The molecule has 0 atom stereocenters. The molecule has 0 saturated carbocycles. The molecule has 0 rings (SSSR count). The van der Waals surface area contributed by atoms with E-state index in [1.54, 1.807) is 12.2 Å². The molecule has 0 unspecified atom stereocenters. The van der Waals surface area contributed by atoms with Gasteiger partial charge in [-0.15, -0.1) is 4.91 Å². The highest BCUT2D eigenvalue weighted by atomic mass is 16.2. The summed E-state index contributed by atoms with van der Waals surface area (Å²) in [6.07, 6.45) is 4.62. The second kappa shape index (κ2) is 4.68. The molecule has 54 valence electrons. The molecule has 10 heavy (non-hydrogen) atoms. The Kier molecular flexibility index (Phi) is 4.12. The van der Waals surface area contributed by atoms with Gasteiger partial charge in [0, 0.05) is 0 Å². The van der Waals surface area contributed by atoms with Crippen molar-refractivity contribution >= 4 is 0 Å². The van der Waals surface area contributed by atoms with E-state index in [0.29, 0.717) is 0 Å². The molecule has 0 aliphatic carbocycles. The van der Waals surface area contributed by atoms with E-state index in [-0.39, 0.29) is 0 Å². The van der Waals surface area contributed by atoms with Crippen molar-refractivity contribution in [3.8, 4) is 0 Å². The van der Waals surface area contributed by atoms with Gasteiger partial charge >= 0.3 is 0 Å². The summed E-state index contributed by atoms with van der Waals surface area (Å²) in [7, 11) is 0. The van der Waals surface area contributed by atoms with Crippen molar-refractivity contribution in [2.75, 3.05) is 0 Å². The third-order valence-corrected chi connectivity index (χ3v) is 1.31. The lowest BCUT2D eigenvalue weighted by molar-refractivity contribution is 1.36. The van der Waals surface area contributed by atoms with Crippen molar-refractivity contribution in [2.45, 2.75) is 13.8 Å². The Morgan fingerprint density at radius 1 is 1.40 bits per heavy atom. The molecule has 0 aromatic rings. The fourth-order valence-corrected chi connectivity index (χ4v) is 0.435. The van der Waals surface area contributed by atoms with Gasteiger partial charge in [-0.1, -0.05) is 12.7 Å². The minimum Gasteiger partial charge on any atom is -0.145 e. The Morgan fingerprint density at radius 3 is 2.40 bits per heavy atom. The Bertz CT molecular complexity index is 189. The molecule has 0 aliphatic heterocycles. The standard InChI is InChI=1S/C8H11NO/c1-4-7(2)8(3)5-6-9-10/h4-6H,1H2,2-3H3/b6-5-,8-7-. The molecule has 0 radical (unpaired) electrons. The summed E-state index contributed by atoms with van der Waals surface area (Å²) in [5, 5.41) is 2.59. The van der Waals surface area contributed by atoms with Gasteiger partial charge in [-0.3, -0.25) is 0 Å². The summed E-state index contributed by atoms with van der Waals surface area (Å²) in [5.74, 6) is 0. The van der Waals surface area contributed by atoms with Crippen molar-refractivity contribution in [3.63, 3.8) is 0 Å². The highest BCUT2D eigenvalue weighted by molar-refractivity contribution is 5.28. The quantitative estimate of drug-likeness (QED) is 0.434. The third kappa shape index (κ3) is 2.97. The number of nitrogens with zero attached hydrogens (tertiary/aromatic N) is 1. The third-order valence-electron chi connectivity index (χ3n) is 1.31. The van der Waals surface area contributed by atoms with E-state index in [9.17, 15) is 4.91 Å². The van der Waals surface area contributed by atoms with Gasteiger partial charge in [-0.25, -0.2) is 0 Å². The minimum atomic E-state index is 1.01. The average molecular weight is 137 g/mol. The van der Waals surface area contributed by atoms with Crippen LogP contribution in [0.25, 0.3) is 0 Å². The van der Waals surface area contributed by atoms with E-state index in [1.165, 1.54) is 6.20 Å². The largest absolute Gasteiger partial charge is 0.145 e. The molecule has 0 heterocycles. The maximum absolute atomic E-state index is 9.64. The molecule has 0 N–H and O–H groups in total. The average Bonchev–Trinajstić information content (AvgIpc) is 1.98. The Labute approximate surface area is 60.9 Å². The summed E-state index contributed by atoms with van der Waals surface area (Å²) in [6.45, 7) is 7.42. The van der Waals surface area contributed by atoms with Crippen LogP contribution in [0.5, 0.6) is 0 Å². The van der Waals surface area contributed by atoms with Gasteiger partial charge in [0.05, 0.1) is 6.20 Å². The molecule has 0 fully saturated rings. The van der Waals surface area contributed by atoms with Crippen LogP contribution in [0.2, 0.25) is 0 Å². The van der Waals surface area contributed by atoms with Crippen LogP contribution in [0, 0.1) is 4.91 Å². The number of nitroso groups, excluding NO2 is 1. The Hall–Kier alpha value is -1.18. The Morgan fingerprint density at radius 2 is 2.00 bits per heavy atom. The van der Waals surface area contributed by atoms with Crippen molar-refractivity contribution in [1.82, 2.24) is 0 Å². The fraction of sp³-hybridized carbons (Fsp3) is 0.250. The van der Waals surface area contributed by atoms with E-state index in [2.05, 4.69) is 11.8 Å². The molecular weight excluding hydrogens is 126 g/mol. The zero-order valence-corrected chi connectivity index (χ0v) is 6.29. The molecule has 0 amide bonds. The molecule has 0 bridgehead atoms. The van der Waals surface area contributed by atoms with Crippen LogP contribution < -0.4 is 0 Å². The number of allylic oxidation sites excluding steroid dienone is 4. The van der Waals surface area contributed by atoms with Crippen LogP contribution in [0.3, 0.4) is 0 Å². The number of rotatable bonds is 3. The summed E-state index contributed by atoms with van der Waals surface area (Å²) < 4.78 is 0. The SMILES string of the molecule is C=C/C(C)=C(C)\C=C/N=O. The molecule has 0 spiro atoms. The summed E-state index contributed by atoms with van der Waals surface area (Å²) >= 11 is 0. The van der Waals surface area contributed by atoms with E-state index in [1.807, 2.05) is 13.8 Å². The van der Waals surface area contributed by atoms with Gasteiger partial charge in [0.2, 0.25) is 0 Å². The molecule has 0 aromatic heterocycles. The zero-order valence-electron chi connectivity index (χ0n) is 6.29. The van der Waals surface area contributed by atoms with E-state index >= 15 is 0 Å². The van der Waals surface area contributed by atoms with Gasteiger partial charge in [0.1, 0.15) is 0 Å². The van der Waals surface area contributed by atoms with Crippen molar-refractivity contribution < 1.29 is 0 Å². The van der Waals surface area contributed by atoms with E-state index in [4.69, 9.17) is 0 Å². The topological polar surface area (TPSA) is 29.4 Å². The van der Waals surface area contributed by atoms with E-state index in [0.717, 1.165) is 11.1 Å². The van der Waals surface area contributed by atoms with Gasteiger partial charge < -0.3 is 0 Å². The fourth-order valence-electron chi connectivity index (χ4n) is 0.435.